The maximum Gasteiger partial charge on any atom is 0.224 e. The first-order chi connectivity index (χ1) is 10.1. The predicted molar refractivity (Wildman–Crippen MR) is 91.4 cm³/mol. The van der Waals surface area contributed by atoms with Crippen LogP contribution in [0.1, 0.15) is 50.5 Å². The molecule has 0 spiro atoms. The van der Waals surface area contributed by atoms with Gasteiger partial charge < -0.3 is 11.1 Å². The maximum absolute atomic E-state index is 12.1. The van der Waals surface area contributed by atoms with E-state index in [0.717, 1.165) is 11.3 Å². The van der Waals surface area contributed by atoms with Crippen molar-refractivity contribution in [3.8, 4) is 0 Å². The topological polar surface area (TPSA) is 55.1 Å². The van der Waals surface area contributed by atoms with Gasteiger partial charge in [-0.1, -0.05) is 50.0 Å². The van der Waals surface area contributed by atoms with Crippen LogP contribution in [0.4, 0.5) is 5.69 Å². The molecule has 1 aromatic carbocycles. The second kappa shape index (κ2) is 8.13. The van der Waals surface area contributed by atoms with Crippen LogP contribution < -0.4 is 11.1 Å². The van der Waals surface area contributed by atoms with E-state index in [1.807, 2.05) is 24.3 Å². The van der Waals surface area contributed by atoms with Crippen molar-refractivity contribution in [2.24, 2.45) is 11.7 Å². The third-order valence-corrected chi connectivity index (χ3v) is 4.21. The molecule has 3 N–H and O–H groups in total. The molecule has 3 nitrogen and oxygen atoms in total. The molecule has 1 aliphatic rings. The SMILES string of the molecule is NC(=S)Cc1ccc(NC(=O)CC2CCCCCC2)cc1. The number of benzene rings is 1. The van der Waals surface area contributed by atoms with Crippen LogP contribution in [-0.2, 0) is 11.2 Å². The molecule has 4 heteroatoms. The minimum absolute atomic E-state index is 0.129. The number of amides is 1. The van der Waals surface area contributed by atoms with E-state index in [-0.39, 0.29) is 5.91 Å². The van der Waals surface area contributed by atoms with Gasteiger partial charge in [-0.15, -0.1) is 0 Å². The highest BCUT2D eigenvalue weighted by atomic mass is 32.1. The molecule has 1 amide bonds. The molecule has 0 aliphatic heterocycles. The highest BCUT2D eigenvalue weighted by Crippen LogP contribution is 2.25. The van der Waals surface area contributed by atoms with Crippen LogP contribution in [0.5, 0.6) is 0 Å². The number of nitrogens with two attached hydrogens (primary N) is 1. The number of hydrogen-bond donors (Lipinski definition) is 2. The Bertz CT molecular complexity index is 476. The summed E-state index contributed by atoms with van der Waals surface area (Å²) in [5, 5.41) is 2.99. The summed E-state index contributed by atoms with van der Waals surface area (Å²) < 4.78 is 0. The van der Waals surface area contributed by atoms with Gasteiger partial charge >= 0.3 is 0 Å². The summed E-state index contributed by atoms with van der Waals surface area (Å²) in [6.45, 7) is 0. The van der Waals surface area contributed by atoms with Crippen molar-refractivity contribution in [2.45, 2.75) is 51.4 Å². The van der Waals surface area contributed by atoms with E-state index in [0.29, 0.717) is 23.7 Å². The largest absolute Gasteiger partial charge is 0.393 e. The van der Waals surface area contributed by atoms with Gasteiger partial charge in [0.05, 0.1) is 4.99 Å². The molecule has 0 aromatic heterocycles. The number of hydrogen-bond acceptors (Lipinski definition) is 2. The summed E-state index contributed by atoms with van der Waals surface area (Å²) in [6, 6.07) is 7.75. The van der Waals surface area contributed by atoms with Gasteiger partial charge in [-0.25, -0.2) is 0 Å². The lowest BCUT2D eigenvalue weighted by Gasteiger charge is -2.13. The molecule has 0 saturated heterocycles. The Morgan fingerprint density at radius 1 is 1.14 bits per heavy atom. The second-order valence-electron chi connectivity index (χ2n) is 5.95. The number of nitrogens with one attached hydrogen (secondary N) is 1. The number of thiocarbonyl (C=S) groups is 1. The smallest absolute Gasteiger partial charge is 0.224 e. The van der Waals surface area contributed by atoms with E-state index < -0.39 is 0 Å². The molecular weight excluding hydrogens is 280 g/mol. The van der Waals surface area contributed by atoms with Crippen molar-refractivity contribution in [1.82, 2.24) is 0 Å². The van der Waals surface area contributed by atoms with Crippen molar-refractivity contribution >= 4 is 28.8 Å². The van der Waals surface area contributed by atoms with Gasteiger partial charge in [0.2, 0.25) is 5.91 Å². The molecule has 0 atom stereocenters. The molecule has 0 heterocycles. The molecule has 0 bridgehead atoms. The van der Waals surface area contributed by atoms with Gasteiger partial charge in [0, 0.05) is 18.5 Å². The Balaban J connectivity index is 1.82. The van der Waals surface area contributed by atoms with E-state index in [2.05, 4.69) is 5.32 Å². The third-order valence-electron chi connectivity index (χ3n) is 4.06. The molecule has 1 fully saturated rings. The third kappa shape index (κ3) is 5.84. The van der Waals surface area contributed by atoms with Crippen LogP contribution in [0.25, 0.3) is 0 Å². The molecule has 21 heavy (non-hydrogen) atoms. The Morgan fingerprint density at radius 2 is 1.76 bits per heavy atom. The fourth-order valence-electron chi connectivity index (χ4n) is 2.95. The summed E-state index contributed by atoms with van der Waals surface area (Å²) in [5.41, 5.74) is 7.44. The number of carbonyl (C=O) groups is 1. The summed E-state index contributed by atoms with van der Waals surface area (Å²) in [5.74, 6) is 0.686. The molecule has 1 saturated carbocycles. The first-order valence-electron chi connectivity index (χ1n) is 7.80. The van der Waals surface area contributed by atoms with Gasteiger partial charge in [0.25, 0.3) is 0 Å². The Labute approximate surface area is 132 Å². The Morgan fingerprint density at radius 3 is 2.33 bits per heavy atom. The average molecular weight is 304 g/mol. The van der Waals surface area contributed by atoms with Crippen molar-refractivity contribution in [3.05, 3.63) is 29.8 Å². The van der Waals surface area contributed by atoms with E-state index in [1.165, 1.54) is 38.5 Å². The molecule has 114 valence electrons. The zero-order valence-corrected chi connectivity index (χ0v) is 13.3. The Hall–Kier alpha value is -1.42. The van der Waals surface area contributed by atoms with E-state index in [1.54, 1.807) is 0 Å². The van der Waals surface area contributed by atoms with E-state index in [4.69, 9.17) is 18.0 Å². The lowest BCUT2D eigenvalue weighted by molar-refractivity contribution is -0.117. The highest BCUT2D eigenvalue weighted by molar-refractivity contribution is 7.80. The normalized spacial score (nSPS) is 16.2. The van der Waals surface area contributed by atoms with Crippen molar-refractivity contribution in [1.29, 1.82) is 0 Å². The summed E-state index contributed by atoms with van der Waals surface area (Å²) in [4.78, 5) is 12.6. The first kappa shape index (κ1) is 16.0. The number of anilines is 1. The van der Waals surface area contributed by atoms with Gasteiger partial charge in [-0.05, 0) is 36.5 Å². The van der Waals surface area contributed by atoms with Crippen LogP contribution in [0.2, 0.25) is 0 Å². The van der Waals surface area contributed by atoms with E-state index >= 15 is 0 Å². The van der Waals surface area contributed by atoms with Crippen molar-refractivity contribution in [3.63, 3.8) is 0 Å². The minimum Gasteiger partial charge on any atom is -0.393 e. The van der Waals surface area contributed by atoms with E-state index in [9.17, 15) is 4.79 Å². The summed E-state index contributed by atoms with van der Waals surface area (Å²) >= 11 is 4.89. The van der Waals surface area contributed by atoms with Crippen LogP contribution in [0.3, 0.4) is 0 Å². The zero-order chi connectivity index (χ0) is 15.1. The maximum atomic E-state index is 12.1. The van der Waals surface area contributed by atoms with Gasteiger partial charge in [0.15, 0.2) is 0 Å². The van der Waals surface area contributed by atoms with Crippen molar-refractivity contribution < 1.29 is 4.79 Å². The second-order valence-corrected chi connectivity index (χ2v) is 6.47. The average Bonchev–Trinajstić information content (AvgIpc) is 2.69. The summed E-state index contributed by atoms with van der Waals surface area (Å²) in [6.07, 6.45) is 8.82. The monoisotopic (exact) mass is 304 g/mol. The quantitative estimate of drug-likeness (QED) is 0.642. The van der Waals surface area contributed by atoms with Crippen LogP contribution >= 0.6 is 12.2 Å². The molecule has 1 aliphatic carbocycles. The molecule has 0 radical (unpaired) electrons. The van der Waals surface area contributed by atoms with Crippen LogP contribution in [-0.4, -0.2) is 10.9 Å². The fourth-order valence-corrected chi connectivity index (χ4v) is 3.12. The van der Waals surface area contributed by atoms with Gasteiger partial charge in [-0.2, -0.15) is 0 Å². The molecular formula is C17H24N2OS. The standard InChI is InChI=1S/C17H24N2OS/c18-16(21)11-14-7-9-15(10-8-14)19-17(20)12-13-5-3-1-2-4-6-13/h7-10,13H,1-6,11-12H2,(H2,18,21)(H,19,20). The van der Waals surface area contributed by atoms with Crippen LogP contribution in [0, 0.1) is 5.92 Å². The van der Waals surface area contributed by atoms with Gasteiger partial charge in [-0.3, -0.25) is 4.79 Å². The Kier molecular flexibility index (Phi) is 6.18. The zero-order valence-electron chi connectivity index (χ0n) is 12.4. The molecule has 1 aromatic rings. The fraction of sp³-hybridized carbons (Fsp3) is 0.529. The summed E-state index contributed by atoms with van der Waals surface area (Å²) in [7, 11) is 0. The lowest BCUT2D eigenvalue weighted by Crippen LogP contribution is -2.16. The van der Waals surface area contributed by atoms with Crippen molar-refractivity contribution in [2.75, 3.05) is 5.32 Å². The lowest BCUT2D eigenvalue weighted by atomic mass is 9.96. The van der Waals surface area contributed by atoms with Gasteiger partial charge in [0.1, 0.15) is 0 Å². The molecule has 2 rings (SSSR count). The predicted octanol–water partition coefficient (Wildman–Crippen LogP) is 3.81. The minimum atomic E-state index is 0.129. The van der Waals surface area contributed by atoms with Crippen LogP contribution in [0.15, 0.2) is 24.3 Å². The first-order valence-corrected chi connectivity index (χ1v) is 8.21. The number of carbonyl (C=O) groups excluding carboxylic acids is 1. The molecule has 0 unspecified atom stereocenters. The number of rotatable bonds is 5. The highest BCUT2D eigenvalue weighted by Gasteiger charge is 2.16.